The summed E-state index contributed by atoms with van der Waals surface area (Å²) in [4.78, 5) is 16.0. The normalized spacial score (nSPS) is 15.4. The van der Waals surface area contributed by atoms with E-state index in [-0.39, 0.29) is 17.2 Å². The van der Waals surface area contributed by atoms with E-state index in [1.807, 2.05) is 0 Å². The predicted octanol–water partition coefficient (Wildman–Crippen LogP) is 4.08. The first-order chi connectivity index (χ1) is 11.5. The van der Waals surface area contributed by atoms with Gasteiger partial charge in [-0.15, -0.1) is 0 Å². The van der Waals surface area contributed by atoms with Gasteiger partial charge in [0, 0.05) is 16.1 Å². The maximum atomic E-state index is 13.8. The third-order valence-corrected chi connectivity index (χ3v) is 3.76. The number of esters is 1. The monoisotopic (exact) mass is 393 g/mol. The number of carbonyl (C=O) groups excluding carboxylic acids is 1. The van der Waals surface area contributed by atoms with Crippen molar-refractivity contribution < 1.29 is 23.0 Å². The van der Waals surface area contributed by atoms with E-state index >= 15 is 0 Å². The van der Waals surface area contributed by atoms with E-state index < -0.39 is 17.6 Å². The number of ether oxygens (including phenoxy) is 2. The van der Waals surface area contributed by atoms with Crippen molar-refractivity contribution in [1.82, 2.24) is 0 Å². The predicted molar refractivity (Wildman–Crippen MR) is 87.7 cm³/mol. The molecule has 1 aliphatic heterocycles. The van der Waals surface area contributed by atoms with Crippen LogP contribution in [0, 0.1) is 11.6 Å². The molecule has 1 heterocycles. The summed E-state index contributed by atoms with van der Waals surface area (Å²) < 4.78 is 37.8. The van der Waals surface area contributed by atoms with Crippen molar-refractivity contribution in [2.24, 2.45) is 4.99 Å². The highest BCUT2D eigenvalue weighted by Gasteiger charge is 2.26. The Balaban J connectivity index is 2.02. The fourth-order valence-corrected chi connectivity index (χ4v) is 2.53. The van der Waals surface area contributed by atoms with Gasteiger partial charge in [0.1, 0.15) is 17.4 Å². The summed E-state index contributed by atoms with van der Waals surface area (Å²) >= 11 is 3.33. The topological polar surface area (TPSA) is 47.9 Å². The first-order valence-electron chi connectivity index (χ1n) is 6.79. The highest BCUT2D eigenvalue weighted by atomic mass is 79.9. The summed E-state index contributed by atoms with van der Waals surface area (Å²) in [7, 11) is 1.50. The van der Waals surface area contributed by atoms with Gasteiger partial charge < -0.3 is 9.47 Å². The molecule has 0 atom stereocenters. The molecule has 0 aliphatic carbocycles. The van der Waals surface area contributed by atoms with E-state index in [2.05, 4.69) is 20.9 Å². The number of hydrogen-bond donors (Lipinski definition) is 0. The molecule has 1 aliphatic rings. The van der Waals surface area contributed by atoms with Crippen LogP contribution >= 0.6 is 15.9 Å². The Labute approximate surface area is 144 Å². The lowest BCUT2D eigenvalue weighted by Crippen LogP contribution is -2.07. The number of carbonyl (C=O) groups is 1. The molecular formula is C17H10BrF2NO3. The average molecular weight is 394 g/mol. The van der Waals surface area contributed by atoms with Crippen molar-refractivity contribution in [3.8, 4) is 5.75 Å². The van der Waals surface area contributed by atoms with Gasteiger partial charge in [0.05, 0.1) is 12.7 Å². The smallest absolute Gasteiger partial charge is 0.363 e. The number of methoxy groups -OCH3 is 1. The molecule has 0 spiro atoms. The molecule has 0 radical (unpaired) electrons. The second-order valence-electron chi connectivity index (χ2n) is 4.85. The molecule has 0 fully saturated rings. The molecule has 2 aromatic carbocycles. The number of hydrogen-bond acceptors (Lipinski definition) is 4. The van der Waals surface area contributed by atoms with Crippen LogP contribution in [0.3, 0.4) is 0 Å². The summed E-state index contributed by atoms with van der Waals surface area (Å²) in [6.45, 7) is 0. The van der Waals surface area contributed by atoms with Gasteiger partial charge in [-0.2, -0.15) is 0 Å². The Kier molecular flexibility index (Phi) is 4.44. The first kappa shape index (κ1) is 16.3. The molecule has 0 saturated carbocycles. The van der Waals surface area contributed by atoms with Crippen LogP contribution in [0.4, 0.5) is 8.78 Å². The van der Waals surface area contributed by atoms with E-state index in [9.17, 15) is 13.6 Å². The molecule has 122 valence electrons. The minimum Gasteiger partial charge on any atom is -0.496 e. The highest BCUT2D eigenvalue weighted by Crippen LogP contribution is 2.27. The number of halogens is 3. The lowest BCUT2D eigenvalue weighted by molar-refractivity contribution is -0.129. The van der Waals surface area contributed by atoms with E-state index in [4.69, 9.17) is 9.47 Å². The Morgan fingerprint density at radius 1 is 1.21 bits per heavy atom. The lowest BCUT2D eigenvalue weighted by atomic mass is 10.1. The first-order valence-corrected chi connectivity index (χ1v) is 7.59. The second kappa shape index (κ2) is 6.52. The standard InChI is InChI=1S/C17H10BrF2NO3/c1-23-15-5-2-10(18)6-9(15)7-14-17(22)24-16(21-14)12-4-3-11(19)8-13(12)20/h2-8H,1H3/b14-7-. The minimum absolute atomic E-state index is 0.00914. The fraction of sp³-hybridized carbons (Fsp3) is 0.0588. The summed E-state index contributed by atoms with van der Waals surface area (Å²) in [5, 5.41) is 0. The van der Waals surface area contributed by atoms with Gasteiger partial charge in [-0.05, 0) is 36.4 Å². The molecule has 0 aromatic heterocycles. The maximum Gasteiger partial charge on any atom is 0.363 e. The third kappa shape index (κ3) is 3.21. The van der Waals surface area contributed by atoms with Gasteiger partial charge >= 0.3 is 5.97 Å². The Bertz CT molecular complexity index is 893. The zero-order valence-corrected chi connectivity index (χ0v) is 13.9. The quantitative estimate of drug-likeness (QED) is 0.582. The molecular weight excluding hydrogens is 384 g/mol. The van der Waals surface area contributed by atoms with Crippen LogP contribution in [-0.4, -0.2) is 19.0 Å². The van der Waals surface area contributed by atoms with Crippen molar-refractivity contribution >= 4 is 33.9 Å². The summed E-state index contributed by atoms with van der Waals surface area (Å²) in [5.74, 6) is -1.98. The molecule has 4 nitrogen and oxygen atoms in total. The molecule has 24 heavy (non-hydrogen) atoms. The minimum atomic E-state index is -0.858. The molecule has 0 amide bonds. The zero-order valence-electron chi connectivity index (χ0n) is 12.3. The molecule has 0 bridgehead atoms. The number of rotatable bonds is 3. The molecule has 7 heteroatoms. The fourth-order valence-electron chi connectivity index (χ4n) is 2.15. The van der Waals surface area contributed by atoms with Crippen molar-refractivity contribution in [2.45, 2.75) is 0 Å². The van der Waals surface area contributed by atoms with Crippen LogP contribution in [0.2, 0.25) is 0 Å². The Hall–Kier alpha value is -2.54. The Morgan fingerprint density at radius 2 is 2.00 bits per heavy atom. The van der Waals surface area contributed by atoms with Crippen molar-refractivity contribution in [3.05, 3.63) is 69.3 Å². The number of aliphatic imine (C=N–C) groups is 1. The van der Waals surface area contributed by atoms with Gasteiger partial charge in [-0.1, -0.05) is 15.9 Å². The van der Waals surface area contributed by atoms with Gasteiger partial charge in [-0.25, -0.2) is 18.6 Å². The van der Waals surface area contributed by atoms with E-state index in [1.54, 1.807) is 18.2 Å². The van der Waals surface area contributed by atoms with Crippen LogP contribution in [-0.2, 0) is 9.53 Å². The van der Waals surface area contributed by atoms with Gasteiger partial charge in [0.25, 0.3) is 0 Å². The zero-order chi connectivity index (χ0) is 17.3. The molecule has 3 rings (SSSR count). The van der Waals surface area contributed by atoms with Crippen LogP contribution < -0.4 is 4.74 Å². The largest absolute Gasteiger partial charge is 0.496 e. The molecule has 0 saturated heterocycles. The van der Waals surface area contributed by atoms with Gasteiger partial charge in [0.15, 0.2) is 5.70 Å². The van der Waals surface area contributed by atoms with Crippen molar-refractivity contribution in [2.75, 3.05) is 7.11 Å². The molecule has 2 aromatic rings. The lowest BCUT2D eigenvalue weighted by Gasteiger charge is -2.04. The van der Waals surface area contributed by atoms with E-state index in [0.717, 1.165) is 10.5 Å². The van der Waals surface area contributed by atoms with Crippen LogP contribution in [0.1, 0.15) is 11.1 Å². The summed E-state index contributed by atoms with van der Waals surface area (Å²) in [6.07, 6.45) is 1.47. The highest BCUT2D eigenvalue weighted by molar-refractivity contribution is 9.10. The van der Waals surface area contributed by atoms with Gasteiger partial charge in [-0.3, -0.25) is 0 Å². The third-order valence-electron chi connectivity index (χ3n) is 3.27. The summed E-state index contributed by atoms with van der Waals surface area (Å²) in [6, 6.07) is 8.18. The van der Waals surface area contributed by atoms with Crippen LogP contribution in [0.25, 0.3) is 6.08 Å². The molecule has 0 unspecified atom stereocenters. The number of nitrogens with zero attached hydrogens (tertiary/aromatic N) is 1. The second-order valence-corrected chi connectivity index (χ2v) is 5.76. The van der Waals surface area contributed by atoms with Gasteiger partial charge in [0.2, 0.25) is 5.90 Å². The SMILES string of the molecule is COc1ccc(Br)cc1/C=C1\N=C(c2ccc(F)cc2F)OC1=O. The van der Waals surface area contributed by atoms with Crippen LogP contribution in [0.15, 0.2) is 51.6 Å². The number of cyclic esters (lactones) is 1. The maximum absolute atomic E-state index is 13.8. The average Bonchev–Trinajstić information content (AvgIpc) is 2.88. The van der Waals surface area contributed by atoms with Crippen molar-refractivity contribution in [1.29, 1.82) is 0 Å². The number of benzene rings is 2. The molecule has 0 N–H and O–H groups in total. The van der Waals surface area contributed by atoms with Crippen molar-refractivity contribution in [3.63, 3.8) is 0 Å². The van der Waals surface area contributed by atoms with E-state index in [1.165, 1.54) is 19.3 Å². The van der Waals surface area contributed by atoms with Crippen LogP contribution in [0.5, 0.6) is 5.75 Å². The Morgan fingerprint density at radius 3 is 2.71 bits per heavy atom. The summed E-state index contributed by atoms with van der Waals surface area (Å²) in [5.41, 5.74) is 0.503. The van der Waals surface area contributed by atoms with E-state index in [0.29, 0.717) is 17.4 Å².